The summed E-state index contributed by atoms with van der Waals surface area (Å²) in [6, 6.07) is 10.4. The van der Waals surface area contributed by atoms with Crippen LogP contribution in [0.3, 0.4) is 0 Å². The van der Waals surface area contributed by atoms with Crippen LogP contribution >= 0.6 is 0 Å². The van der Waals surface area contributed by atoms with Crippen LogP contribution in [0.25, 0.3) is 0 Å². The number of amides is 1. The van der Waals surface area contributed by atoms with Crippen molar-refractivity contribution < 1.29 is 19.0 Å². The summed E-state index contributed by atoms with van der Waals surface area (Å²) in [5.41, 5.74) is 3.89. The number of carbonyl (C=O) groups excluding carboxylic acids is 1. The molecule has 5 rings (SSSR count). The fourth-order valence-electron chi connectivity index (χ4n) is 5.38. The van der Waals surface area contributed by atoms with Gasteiger partial charge < -0.3 is 29.3 Å². The van der Waals surface area contributed by atoms with Crippen LogP contribution in [-0.4, -0.2) is 63.6 Å². The van der Waals surface area contributed by atoms with Crippen LogP contribution in [0.5, 0.6) is 0 Å². The Hall–Kier alpha value is -2.68. The highest BCUT2D eigenvalue weighted by Crippen LogP contribution is 2.40. The summed E-state index contributed by atoms with van der Waals surface area (Å²) in [5, 5.41) is 3.48. The number of fused-ring (bicyclic) bond motifs is 2. The number of hydrogen-bond donors (Lipinski definition) is 1. The highest BCUT2D eigenvalue weighted by atomic mass is 16.5. The maximum absolute atomic E-state index is 13.9. The van der Waals surface area contributed by atoms with Crippen LogP contribution < -0.4 is 15.1 Å². The van der Waals surface area contributed by atoms with Crippen molar-refractivity contribution in [2.45, 2.75) is 44.4 Å². The standard InChI is InChI=1S/C26H34N4O4/c1-32-16-21-17-34-13-12-29(21)20-7-10-23-24(14-20)30(15-19-4-3-11-27-25(19)28-23)26(31)18-5-8-22(33-2)9-6-18/h3-4,7,10-11,14,18,21-22H,5-6,8-9,12-13,15-17H2,1-2H3,(H,27,28)/t18-,21?,22-. The molecule has 0 spiro atoms. The van der Waals surface area contributed by atoms with E-state index in [0.29, 0.717) is 26.4 Å². The Labute approximate surface area is 201 Å². The summed E-state index contributed by atoms with van der Waals surface area (Å²) in [6.07, 6.45) is 5.61. The molecule has 34 heavy (non-hydrogen) atoms. The molecule has 0 bridgehead atoms. The molecule has 182 valence electrons. The van der Waals surface area contributed by atoms with E-state index in [-0.39, 0.29) is 24.0 Å². The van der Waals surface area contributed by atoms with Crippen molar-refractivity contribution in [3.63, 3.8) is 0 Å². The topological polar surface area (TPSA) is 76.2 Å². The summed E-state index contributed by atoms with van der Waals surface area (Å²) in [4.78, 5) is 22.7. The van der Waals surface area contributed by atoms with Crippen molar-refractivity contribution in [1.82, 2.24) is 4.98 Å². The molecule has 2 aliphatic heterocycles. The van der Waals surface area contributed by atoms with Gasteiger partial charge in [-0.2, -0.15) is 0 Å². The highest BCUT2D eigenvalue weighted by molar-refractivity contribution is 6.00. The minimum absolute atomic E-state index is 0.00533. The van der Waals surface area contributed by atoms with Crippen molar-refractivity contribution in [2.24, 2.45) is 5.92 Å². The first-order valence-electron chi connectivity index (χ1n) is 12.2. The SMILES string of the molecule is COCC1COCCN1c1ccc2c(c1)N(C(=O)[C@H]1CC[C@H](OC)CC1)Cc1cccnc1N2. The number of rotatable bonds is 5. The number of carbonyl (C=O) groups is 1. The van der Waals surface area contributed by atoms with Gasteiger partial charge in [0, 0.05) is 44.1 Å². The predicted molar refractivity (Wildman–Crippen MR) is 132 cm³/mol. The maximum Gasteiger partial charge on any atom is 0.230 e. The Morgan fingerprint density at radius 2 is 2.06 bits per heavy atom. The minimum Gasteiger partial charge on any atom is -0.382 e. The fourth-order valence-corrected chi connectivity index (χ4v) is 5.38. The van der Waals surface area contributed by atoms with Crippen molar-refractivity contribution in [3.05, 3.63) is 42.1 Å². The van der Waals surface area contributed by atoms with Crippen LogP contribution in [0.1, 0.15) is 31.2 Å². The first-order valence-corrected chi connectivity index (χ1v) is 12.2. The van der Waals surface area contributed by atoms with Crippen LogP contribution in [0.2, 0.25) is 0 Å². The second-order valence-corrected chi connectivity index (χ2v) is 9.35. The predicted octanol–water partition coefficient (Wildman–Crippen LogP) is 3.73. The lowest BCUT2D eigenvalue weighted by atomic mass is 9.86. The Bertz CT molecular complexity index is 1010. The lowest BCUT2D eigenvalue weighted by Gasteiger charge is -2.38. The number of nitrogens with one attached hydrogen (secondary N) is 1. The number of benzene rings is 1. The van der Waals surface area contributed by atoms with Gasteiger partial charge in [0.25, 0.3) is 0 Å². The molecule has 3 heterocycles. The van der Waals surface area contributed by atoms with Crippen molar-refractivity contribution in [1.29, 1.82) is 0 Å². The molecule has 1 amide bonds. The van der Waals surface area contributed by atoms with E-state index in [1.165, 1.54) is 0 Å². The van der Waals surface area contributed by atoms with E-state index in [0.717, 1.165) is 60.7 Å². The molecule has 1 atom stereocenters. The molecule has 1 aliphatic carbocycles. The Morgan fingerprint density at radius 3 is 2.85 bits per heavy atom. The van der Waals surface area contributed by atoms with Gasteiger partial charge >= 0.3 is 0 Å². The van der Waals surface area contributed by atoms with Gasteiger partial charge in [-0.15, -0.1) is 0 Å². The van der Waals surface area contributed by atoms with Gasteiger partial charge in [0.2, 0.25) is 5.91 Å². The third-order valence-corrected chi connectivity index (χ3v) is 7.29. The van der Waals surface area contributed by atoms with E-state index >= 15 is 0 Å². The van der Waals surface area contributed by atoms with Gasteiger partial charge in [-0.05, 0) is 49.9 Å². The second kappa shape index (κ2) is 10.3. The largest absolute Gasteiger partial charge is 0.382 e. The average Bonchev–Trinajstić information content (AvgIpc) is 3.05. The van der Waals surface area contributed by atoms with Crippen LogP contribution in [-0.2, 0) is 25.5 Å². The first kappa shape index (κ1) is 23.1. The molecule has 3 aliphatic rings. The van der Waals surface area contributed by atoms with Gasteiger partial charge in [0.05, 0.1) is 49.9 Å². The number of ether oxygens (including phenoxy) is 3. The summed E-state index contributed by atoms with van der Waals surface area (Å²) in [6.45, 7) is 3.19. The van der Waals surface area contributed by atoms with Crippen LogP contribution in [0.15, 0.2) is 36.5 Å². The number of morpholine rings is 1. The quantitative estimate of drug-likeness (QED) is 0.720. The average molecular weight is 467 g/mol. The zero-order valence-corrected chi connectivity index (χ0v) is 20.0. The Morgan fingerprint density at radius 1 is 1.21 bits per heavy atom. The van der Waals surface area contributed by atoms with Gasteiger partial charge in [-0.3, -0.25) is 4.79 Å². The lowest BCUT2D eigenvalue weighted by molar-refractivity contribution is -0.124. The van der Waals surface area contributed by atoms with E-state index in [4.69, 9.17) is 14.2 Å². The van der Waals surface area contributed by atoms with E-state index in [1.807, 2.05) is 17.0 Å². The fraction of sp³-hybridized carbons (Fsp3) is 0.538. The molecule has 1 saturated carbocycles. The molecule has 2 fully saturated rings. The third-order valence-electron chi connectivity index (χ3n) is 7.29. The molecule has 1 unspecified atom stereocenters. The molecule has 1 aromatic carbocycles. The summed E-state index contributed by atoms with van der Waals surface area (Å²) < 4.78 is 16.7. The maximum atomic E-state index is 13.9. The van der Waals surface area contributed by atoms with E-state index in [2.05, 4.69) is 33.4 Å². The number of methoxy groups -OCH3 is 2. The van der Waals surface area contributed by atoms with E-state index in [1.54, 1.807) is 20.4 Å². The van der Waals surface area contributed by atoms with Gasteiger partial charge in [0.15, 0.2) is 0 Å². The van der Waals surface area contributed by atoms with E-state index < -0.39 is 0 Å². The zero-order valence-electron chi connectivity index (χ0n) is 20.0. The first-order chi connectivity index (χ1) is 16.7. The number of aromatic nitrogens is 1. The summed E-state index contributed by atoms with van der Waals surface area (Å²) in [5.74, 6) is 0.992. The molecular formula is C26H34N4O4. The molecule has 0 radical (unpaired) electrons. The van der Waals surface area contributed by atoms with Gasteiger partial charge in [0.1, 0.15) is 5.82 Å². The molecule has 8 nitrogen and oxygen atoms in total. The number of anilines is 4. The number of hydrogen-bond acceptors (Lipinski definition) is 7. The zero-order chi connectivity index (χ0) is 23.5. The summed E-state index contributed by atoms with van der Waals surface area (Å²) >= 11 is 0. The molecule has 8 heteroatoms. The second-order valence-electron chi connectivity index (χ2n) is 9.35. The number of nitrogens with zero attached hydrogens (tertiary/aromatic N) is 3. The normalized spacial score (nSPS) is 24.6. The van der Waals surface area contributed by atoms with E-state index in [9.17, 15) is 4.79 Å². The summed E-state index contributed by atoms with van der Waals surface area (Å²) in [7, 11) is 3.48. The minimum atomic E-state index is 0.00533. The molecule has 2 aromatic rings. The van der Waals surface area contributed by atoms with Crippen molar-refractivity contribution >= 4 is 28.8 Å². The Kier molecular flexibility index (Phi) is 6.99. The smallest absolute Gasteiger partial charge is 0.230 e. The van der Waals surface area contributed by atoms with Gasteiger partial charge in [-0.25, -0.2) is 4.98 Å². The number of pyridine rings is 1. The third kappa shape index (κ3) is 4.62. The lowest BCUT2D eigenvalue weighted by Crippen LogP contribution is -2.48. The molecule has 1 saturated heterocycles. The highest BCUT2D eigenvalue weighted by Gasteiger charge is 2.33. The van der Waals surface area contributed by atoms with Crippen molar-refractivity contribution in [3.8, 4) is 0 Å². The van der Waals surface area contributed by atoms with Crippen LogP contribution in [0, 0.1) is 5.92 Å². The van der Waals surface area contributed by atoms with Crippen LogP contribution in [0.4, 0.5) is 22.9 Å². The Balaban J connectivity index is 1.49. The molecular weight excluding hydrogens is 432 g/mol. The van der Waals surface area contributed by atoms with Crippen molar-refractivity contribution in [2.75, 3.05) is 55.7 Å². The molecule has 1 N–H and O–H groups in total. The molecule has 1 aromatic heterocycles. The van der Waals surface area contributed by atoms with Gasteiger partial charge in [-0.1, -0.05) is 6.07 Å². The monoisotopic (exact) mass is 466 g/mol.